The molecule has 0 fully saturated rings. The number of rotatable bonds is 1. The maximum atomic E-state index is 12.8. The lowest BCUT2D eigenvalue weighted by Gasteiger charge is -1.99. The molecule has 0 saturated carbocycles. The molecule has 0 aromatic carbocycles. The highest BCUT2D eigenvalue weighted by Crippen LogP contribution is 2.09. The van der Waals surface area contributed by atoms with Gasteiger partial charge in [0.2, 0.25) is 5.95 Å². The van der Waals surface area contributed by atoms with Crippen LogP contribution in [0, 0.1) is 12.9 Å². The number of pyridine rings is 1. The van der Waals surface area contributed by atoms with Gasteiger partial charge in [-0.15, -0.1) is 0 Å². The van der Waals surface area contributed by atoms with E-state index in [1.807, 2.05) is 0 Å². The average molecular weight is 153 g/mol. The van der Waals surface area contributed by atoms with E-state index in [9.17, 15) is 9.18 Å². The number of Topliss-reactive ketones (excluding diaryl/α,β-unsaturated/α-hetero) is 1. The second-order valence-corrected chi connectivity index (χ2v) is 2.35. The van der Waals surface area contributed by atoms with Gasteiger partial charge in [0, 0.05) is 6.20 Å². The Bertz CT molecular complexity index is 276. The third kappa shape index (κ3) is 1.42. The molecule has 0 unspecified atom stereocenters. The van der Waals surface area contributed by atoms with Gasteiger partial charge in [-0.1, -0.05) is 0 Å². The molecule has 0 aliphatic heterocycles. The van der Waals surface area contributed by atoms with Crippen LogP contribution in [0.2, 0.25) is 0 Å². The molecular formula is C8H8FNO. The SMILES string of the molecule is CC(=O)c1c(C)ccnc1F. The summed E-state index contributed by atoms with van der Waals surface area (Å²) in [6.07, 6.45) is 1.34. The van der Waals surface area contributed by atoms with Crippen molar-refractivity contribution in [3.8, 4) is 0 Å². The molecule has 0 saturated heterocycles. The van der Waals surface area contributed by atoms with Crippen LogP contribution in [0.4, 0.5) is 4.39 Å². The molecule has 0 N–H and O–H groups in total. The molecule has 1 aromatic heterocycles. The molecule has 0 aliphatic carbocycles. The zero-order valence-electron chi connectivity index (χ0n) is 6.39. The number of halogens is 1. The molecule has 2 nitrogen and oxygen atoms in total. The number of nitrogens with zero attached hydrogens (tertiary/aromatic N) is 1. The van der Waals surface area contributed by atoms with Gasteiger partial charge < -0.3 is 0 Å². The quantitative estimate of drug-likeness (QED) is 0.454. The van der Waals surface area contributed by atoms with Gasteiger partial charge in [0.1, 0.15) is 0 Å². The first-order valence-electron chi connectivity index (χ1n) is 3.25. The topological polar surface area (TPSA) is 30.0 Å². The Morgan fingerprint density at radius 2 is 2.27 bits per heavy atom. The summed E-state index contributed by atoms with van der Waals surface area (Å²) >= 11 is 0. The number of hydrogen-bond donors (Lipinski definition) is 0. The Balaban J connectivity index is 3.32. The highest BCUT2D eigenvalue weighted by atomic mass is 19.1. The van der Waals surface area contributed by atoms with Crippen molar-refractivity contribution < 1.29 is 9.18 Å². The summed E-state index contributed by atoms with van der Waals surface area (Å²) in [5.74, 6) is -0.967. The smallest absolute Gasteiger partial charge is 0.223 e. The first-order chi connectivity index (χ1) is 5.13. The predicted molar refractivity (Wildman–Crippen MR) is 38.9 cm³/mol. The molecule has 0 radical (unpaired) electrons. The van der Waals surface area contributed by atoms with Crippen molar-refractivity contribution in [1.29, 1.82) is 0 Å². The van der Waals surface area contributed by atoms with Crippen LogP contribution < -0.4 is 0 Å². The van der Waals surface area contributed by atoms with Crippen molar-refractivity contribution in [2.75, 3.05) is 0 Å². The van der Waals surface area contributed by atoms with E-state index in [1.54, 1.807) is 13.0 Å². The highest BCUT2D eigenvalue weighted by molar-refractivity contribution is 5.95. The fraction of sp³-hybridized carbons (Fsp3) is 0.250. The van der Waals surface area contributed by atoms with Crippen LogP contribution >= 0.6 is 0 Å². The molecule has 3 heteroatoms. The first kappa shape index (κ1) is 7.85. The molecule has 0 spiro atoms. The van der Waals surface area contributed by atoms with Crippen LogP contribution in [0.15, 0.2) is 12.3 Å². The second-order valence-electron chi connectivity index (χ2n) is 2.35. The van der Waals surface area contributed by atoms with Crippen LogP contribution in [0.5, 0.6) is 0 Å². The maximum Gasteiger partial charge on any atom is 0.223 e. The Kier molecular flexibility index (Phi) is 1.98. The molecule has 1 rings (SSSR count). The lowest BCUT2D eigenvalue weighted by Crippen LogP contribution is -2.02. The molecule has 58 valence electrons. The number of hydrogen-bond acceptors (Lipinski definition) is 2. The van der Waals surface area contributed by atoms with E-state index in [0.29, 0.717) is 5.56 Å². The minimum absolute atomic E-state index is 0.0903. The molecule has 1 heterocycles. The van der Waals surface area contributed by atoms with Gasteiger partial charge in [-0.05, 0) is 25.5 Å². The van der Waals surface area contributed by atoms with Gasteiger partial charge in [-0.25, -0.2) is 4.98 Å². The summed E-state index contributed by atoms with van der Waals surface area (Å²) in [6.45, 7) is 3.01. The third-order valence-corrected chi connectivity index (χ3v) is 1.47. The van der Waals surface area contributed by atoms with E-state index in [-0.39, 0.29) is 11.3 Å². The highest BCUT2D eigenvalue weighted by Gasteiger charge is 2.09. The second kappa shape index (κ2) is 2.78. The molecular weight excluding hydrogens is 145 g/mol. The Morgan fingerprint density at radius 3 is 2.64 bits per heavy atom. The summed E-state index contributed by atoms with van der Waals surface area (Å²) < 4.78 is 12.8. The zero-order valence-corrected chi connectivity index (χ0v) is 6.39. The van der Waals surface area contributed by atoms with E-state index in [4.69, 9.17) is 0 Å². The molecule has 0 aliphatic rings. The summed E-state index contributed by atoms with van der Waals surface area (Å²) in [7, 11) is 0. The Hall–Kier alpha value is -1.25. The van der Waals surface area contributed by atoms with Gasteiger partial charge in [0.15, 0.2) is 5.78 Å². The van der Waals surface area contributed by atoms with Crippen molar-refractivity contribution in [2.24, 2.45) is 0 Å². The van der Waals surface area contributed by atoms with Crippen molar-refractivity contribution in [3.63, 3.8) is 0 Å². The lowest BCUT2D eigenvalue weighted by molar-refractivity contribution is 0.101. The maximum absolute atomic E-state index is 12.8. The molecule has 11 heavy (non-hydrogen) atoms. The number of ketones is 1. The standard InChI is InChI=1S/C8H8FNO/c1-5-3-4-10-8(9)7(5)6(2)11/h3-4H,1-2H3. The molecule has 0 bridgehead atoms. The number of aromatic nitrogens is 1. The van der Waals surface area contributed by atoms with Gasteiger partial charge in [-0.3, -0.25) is 4.79 Å². The van der Waals surface area contributed by atoms with Crippen molar-refractivity contribution in [2.45, 2.75) is 13.8 Å². The fourth-order valence-corrected chi connectivity index (χ4v) is 0.948. The minimum Gasteiger partial charge on any atom is -0.294 e. The summed E-state index contributed by atoms with van der Waals surface area (Å²) in [4.78, 5) is 14.2. The van der Waals surface area contributed by atoms with Gasteiger partial charge >= 0.3 is 0 Å². The van der Waals surface area contributed by atoms with E-state index in [0.717, 1.165) is 0 Å². The molecule has 1 aromatic rings. The van der Waals surface area contributed by atoms with E-state index in [1.165, 1.54) is 13.1 Å². The number of carbonyl (C=O) groups is 1. The predicted octanol–water partition coefficient (Wildman–Crippen LogP) is 1.73. The first-order valence-corrected chi connectivity index (χ1v) is 3.25. The van der Waals surface area contributed by atoms with E-state index < -0.39 is 5.95 Å². The van der Waals surface area contributed by atoms with E-state index in [2.05, 4.69) is 4.98 Å². The largest absolute Gasteiger partial charge is 0.294 e. The van der Waals surface area contributed by atoms with Crippen molar-refractivity contribution in [1.82, 2.24) is 4.98 Å². The molecule has 0 amide bonds. The Morgan fingerprint density at radius 1 is 1.64 bits per heavy atom. The van der Waals surface area contributed by atoms with Crippen molar-refractivity contribution in [3.05, 3.63) is 29.3 Å². The van der Waals surface area contributed by atoms with Crippen LogP contribution in [0.1, 0.15) is 22.8 Å². The third-order valence-electron chi connectivity index (χ3n) is 1.47. The van der Waals surface area contributed by atoms with Gasteiger partial charge in [0.05, 0.1) is 5.56 Å². The summed E-state index contributed by atoms with van der Waals surface area (Å²) in [5, 5.41) is 0. The summed E-state index contributed by atoms with van der Waals surface area (Å²) in [6, 6.07) is 1.61. The Labute approximate surface area is 64.1 Å². The molecule has 0 atom stereocenters. The van der Waals surface area contributed by atoms with Crippen molar-refractivity contribution >= 4 is 5.78 Å². The number of carbonyl (C=O) groups excluding carboxylic acids is 1. The van der Waals surface area contributed by atoms with Crippen LogP contribution in [-0.4, -0.2) is 10.8 Å². The van der Waals surface area contributed by atoms with Gasteiger partial charge in [-0.2, -0.15) is 4.39 Å². The average Bonchev–Trinajstić information content (AvgIpc) is 1.85. The minimum atomic E-state index is -0.683. The number of aryl methyl sites for hydroxylation is 1. The summed E-state index contributed by atoms with van der Waals surface area (Å²) in [5.41, 5.74) is 0.720. The van der Waals surface area contributed by atoms with Gasteiger partial charge in [0.25, 0.3) is 0 Å². The van der Waals surface area contributed by atoms with E-state index >= 15 is 0 Å². The van der Waals surface area contributed by atoms with Crippen LogP contribution in [0.3, 0.4) is 0 Å². The van der Waals surface area contributed by atoms with Crippen LogP contribution in [-0.2, 0) is 0 Å². The normalized spacial score (nSPS) is 9.73. The van der Waals surface area contributed by atoms with Crippen LogP contribution in [0.25, 0.3) is 0 Å². The zero-order chi connectivity index (χ0) is 8.43. The lowest BCUT2D eigenvalue weighted by atomic mass is 10.1. The fourth-order valence-electron chi connectivity index (χ4n) is 0.948. The monoisotopic (exact) mass is 153 g/mol.